The van der Waals surface area contributed by atoms with Crippen LogP contribution in [0.3, 0.4) is 0 Å². The van der Waals surface area contributed by atoms with Crippen molar-refractivity contribution >= 4 is 11.9 Å². The molecule has 0 aromatic carbocycles. The summed E-state index contributed by atoms with van der Waals surface area (Å²) in [5, 5.41) is 7.36. The average Bonchev–Trinajstić information content (AvgIpc) is 3.54. The SMILES string of the molecule is CCCCCCCCN1C(=O)NC2(CCCCCCCCCCCCCCCCCCCCCCCCCCCCCCCCCCCCCCCCCCCCCCCC(C)(C)NC(C)(C)C2)C1=O. The minimum absolute atomic E-state index is 0.0316. The van der Waals surface area contributed by atoms with Crippen LogP contribution in [0.1, 0.15) is 381 Å². The molecule has 70 heavy (non-hydrogen) atoms. The predicted octanol–water partition coefficient (Wildman–Crippen LogP) is 21.5. The maximum absolute atomic E-state index is 14.4. The maximum Gasteiger partial charge on any atom is 0.325 e. The highest BCUT2D eigenvalue weighted by Gasteiger charge is 2.53. The van der Waals surface area contributed by atoms with Gasteiger partial charge in [0.25, 0.3) is 5.91 Å². The first-order valence-corrected chi connectivity index (χ1v) is 32.5. The predicted molar refractivity (Wildman–Crippen MR) is 309 cm³/mol. The van der Waals surface area contributed by atoms with Crippen LogP contribution in [0.15, 0.2) is 0 Å². The fourth-order valence-electron chi connectivity index (χ4n) is 12.7. The monoisotopic (exact) mass is 982 g/mol. The van der Waals surface area contributed by atoms with Gasteiger partial charge in [0.15, 0.2) is 0 Å². The Bertz CT molecular complexity index is 1180. The molecule has 0 saturated carbocycles. The van der Waals surface area contributed by atoms with Crippen molar-refractivity contribution in [2.24, 2.45) is 0 Å². The van der Waals surface area contributed by atoms with Crippen molar-refractivity contribution in [2.75, 3.05) is 6.54 Å². The number of carbonyl (C=O) groups is 2. The zero-order valence-corrected chi connectivity index (χ0v) is 48.7. The Labute approximate surface area is 439 Å². The summed E-state index contributed by atoms with van der Waals surface area (Å²) in [7, 11) is 0. The van der Waals surface area contributed by atoms with Crippen LogP contribution in [0, 0.1) is 0 Å². The molecule has 2 fully saturated rings. The molecule has 1 atom stereocenters. The number of hydrogen-bond donors (Lipinski definition) is 2. The third-order valence-corrected chi connectivity index (χ3v) is 16.8. The third-order valence-electron chi connectivity index (χ3n) is 16.8. The highest BCUT2D eigenvalue weighted by molar-refractivity contribution is 6.07. The van der Waals surface area contributed by atoms with E-state index in [-0.39, 0.29) is 23.0 Å². The largest absolute Gasteiger partial charge is 0.325 e. The van der Waals surface area contributed by atoms with Gasteiger partial charge in [-0.05, 0) is 53.4 Å². The highest BCUT2D eigenvalue weighted by atomic mass is 16.2. The van der Waals surface area contributed by atoms with E-state index >= 15 is 0 Å². The first-order chi connectivity index (χ1) is 34.1. The summed E-state index contributed by atoms with van der Waals surface area (Å²) in [6.07, 6.45) is 72.9. The number of nitrogens with zero attached hydrogens (tertiary/aromatic N) is 1. The molecule has 2 heterocycles. The van der Waals surface area contributed by atoms with Gasteiger partial charge in [-0.2, -0.15) is 0 Å². The lowest BCUT2D eigenvalue weighted by Crippen LogP contribution is -2.59. The molecule has 414 valence electrons. The summed E-state index contributed by atoms with van der Waals surface area (Å²) < 4.78 is 0. The average molecular weight is 983 g/mol. The van der Waals surface area contributed by atoms with Crippen molar-refractivity contribution in [3.8, 4) is 0 Å². The molecule has 2 rings (SSSR count). The van der Waals surface area contributed by atoms with Crippen LogP contribution in [0.4, 0.5) is 4.79 Å². The summed E-state index contributed by atoms with van der Waals surface area (Å²) in [5.41, 5.74) is -1.13. The number of urea groups is 1. The molecule has 2 aliphatic rings. The van der Waals surface area contributed by atoms with Crippen LogP contribution in [0.25, 0.3) is 0 Å². The van der Waals surface area contributed by atoms with Gasteiger partial charge in [0, 0.05) is 17.6 Å². The van der Waals surface area contributed by atoms with E-state index in [2.05, 4.69) is 45.3 Å². The topological polar surface area (TPSA) is 61.4 Å². The first-order valence-electron chi connectivity index (χ1n) is 32.5. The van der Waals surface area contributed by atoms with E-state index in [9.17, 15) is 9.59 Å². The van der Waals surface area contributed by atoms with E-state index in [1.165, 1.54) is 302 Å². The van der Waals surface area contributed by atoms with Crippen molar-refractivity contribution in [1.82, 2.24) is 15.5 Å². The smallest absolute Gasteiger partial charge is 0.323 e. The Balaban J connectivity index is 1.78. The van der Waals surface area contributed by atoms with Crippen molar-refractivity contribution in [3.05, 3.63) is 0 Å². The van der Waals surface area contributed by atoms with Crippen LogP contribution >= 0.6 is 0 Å². The lowest BCUT2D eigenvalue weighted by Gasteiger charge is -2.42. The van der Waals surface area contributed by atoms with Crippen LogP contribution in [-0.2, 0) is 4.79 Å². The Morgan fingerprint density at radius 3 is 0.900 bits per heavy atom. The lowest BCUT2D eigenvalue weighted by molar-refractivity contribution is -0.132. The van der Waals surface area contributed by atoms with E-state index in [1.807, 2.05) is 0 Å². The molecule has 0 aliphatic carbocycles. The molecule has 2 aliphatic heterocycles. The van der Waals surface area contributed by atoms with E-state index in [1.54, 1.807) is 4.90 Å². The Hall–Kier alpha value is -1.10. The van der Waals surface area contributed by atoms with Crippen molar-refractivity contribution in [1.29, 1.82) is 0 Å². The fraction of sp³-hybridized carbons (Fsp3) is 0.969. The normalized spacial score (nSPS) is 25.5. The lowest BCUT2D eigenvalue weighted by atomic mass is 9.78. The van der Waals surface area contributed by atoms with Crippen LogP contribution in [0.5, 0.6) is 0 Å². The molecule has 0 radical (unpaired) electrons. The molecule has 1 unspecified atom stereocenters. The molecule has 5 heteroatoms. The van der Waals surface area contributed by atoms with Gasteiger partial charge in [0.2, 0.25) is 0 Å². The molecule has 0 aromatic heterocycles. The van der Waals surface area contributed by atoms with Crippen molar-refractivity contribution < 1.29 is 9.59 Å². The van der Waals surface area contributed by atoms with Gasteiger partial charge in [-0.3, -0.25) is 9.69 Å². The number of imide groups is 1. The Morgan fingerprint density at radius 2 is 0.600 bits per heavy atom. The summed E-state index contributed by atoms with van der Waals surface area (Å²) in [5.74, 6) is 0.0352. The Kier molecular flexibility index (Phi) is 41.1. The number of rotatable bonds is 7. The molecule has 2 saturated heterocycles. The van der Waals surface area contributed by atoms with Gasteiger partial charge in [-0.15, -0.1) is 0 Å². The molecule has 0 bridgehead atoms. The minimum Gasteiger partial charge on any atom is -0.323 e. The number of hydrogen-bond acceptors (Lipinski definition) is 3. The number of amides is 3. The molecule has 5 nitrogen and oxygen atoms in total. The van der Waals surface area contributed by atoms with Crippen LogP contribution < -0.4 is 10.6 Å². The van der Waals surface area contributed by atoms with Gasteiger partial charge in [0.1, 0.15) is 5.54 Å². The molecule has 3 amide bonds. The van der Waals surface area contributed by atoms with Crippen LogP contribution in [0.2, 0.25) is 0 Å². The minimum atomic E-state index is -0.812. The second-order valence-electron chi connectivity index (χ2n) is 25.2. The fourth-order valence-corrected chi connectivity index (χ4v) is 12.7. The highest BCUT2D eigenvalue weighted by Crippen LogP contribution is 2.35. The summed E-state index contributed by atoms with van der Waals surface area (Å²) >= 11 is 0. The van der Waals surface area contributed by atoms with Crippen molar-refractivity contribution in [2.45, 2.75) is 398 Å². The summed E-state index contributed by atoms with van der Waals surface area (Å²) in [4.78, 5) is 29.5. The summed E-state index contributed by atoms with van der Waals surface area (Å²) in [6, 6.07) is -0.159. The van der Waals surface area contributed by atoms with Gasteiger partial charge in [0.05, 0.1) is 0 Å². The quantitative estimate of drug-likeness (QED) is 0.197. The molecular formula is C65H127N3O2. The van der Waals surface area contributed by atoms with E-state index in [0.29, 0.717) is 13.0 Å². The second kappa shape index (κ2) is 44.2. The maximum atomic E-state index is 14.4. The van der Waals surface area contributed by atoms with Gasteiger partial charge < -0.3 is 10.6 Å². The Morgan fingerprint density at radius 1 is 0.343 bits per heavy atom. The number of carbonyl (C=O) groups excluding carboxylic acids is 2. The van der Waals surface area contributed by atoms with Crippen molar-refractivity contribution in [3.63, 3.8) is 0 Å². The molecule has 0 aromatic rings. The molecular weight excluding hydrogens is 855 g/mol. The van der Waals surface area contributed by atoms with E-state index < -0.39 is 5.54 Å². The van der Waals surface area contributed by atoms with E-state index in [0.717, 1.165) is 38.5 Å². The standard InChI is InChI=1S/C65H127N3O2/c1-6-7-8-9-53-56-59-68-61(69)65(66-62(68)70)58-55-52-50-48-46-44-42-40-38-36-34-32-30-28-26-24-22-20-18-16-14-12-10-11-13-15-17-19-21-23-25-27-29-31-33-35-37-39-41-43-45-47-49-51-54-57-63(2,3)67-64(4,5)60-65/h67H,6-60H2,1-5H3,(H,66,70). The zero-order valence-electron chi connectivity index (χ0n) is 48.7. The van der Waals surface area contributed by atoms with E-state index in [4.69, 9.17) is 0 Å². The van der Waals surface area contributed by atoms with Gasteiger partial charge in [-0.1, -0.05) is 328 Å². The number of unbranched alkanes of at least 4 members (excludes halogenated alkanes) is 5. The number of nitrogens with one attached hydrogen (secondary N) is 2. The zero-order chi connectivity index (χ0) is 50.5. The summed E-state index contributed by atoms with van der Waals surface area (Å²) in [6.45, 7) is 12.0. The van der Waals surface area contributed by atoms with Gasteiger partial charge >= 0.3 is 6.03 Å². The van der Waals surface area contributed by atoms with Crippen LogP contribution in [-0.4, -0.2) is 40.0 Å². The second-order valence-corrected chi connectivity index (χ2v) is 25.2. The molecule has 1 spiro atoms. The third kappa shape index (κ3) is 35.9. The molecule has 2 N–H and O–H groups in total. The first kappa shape index (κ1) is 65.0. The van der Waals surface area contributed by atoms with Gasteiger partial charge in [-0.25, -0.2) is 4.79 Å².